The highest BCUT2D eigenvalue weighted by atomic mass is 16.5. The maximum atomic E-state index is 9.68. The molecule has 15 heavy (non-hydrogen) atoms. The Labute approximate surface area is 87.3 Å². The van der Waals surface area contributed by atoms with Crippen molar-refractivity contribution in [3.05, 3.63) is 29.5 Å². The van der Waals surface area contributed by atoms with Gasteiger partial charge in [0.15, 0.2) is 0 Å². The summed E-state index contributed by atoms with van der Waals surface area (Å²) in [6.45, 7) is 3.80. The predicted octanol–water partition coefficient (Wildman–Crippen LogP) is 2.25. The molecule has 4 nitrogen and oxygen atoms in total. The summed E-state index contributed by atoms with van der Waals surface area (Å²) in [6.07, 6.45) is 1.54. The number of aromatic nitrogens is 1. The topological polar surface area (TPSA) is 72.3 Å². The second-order valence-corrected chi connectivity index (χ2v) is 3.54. The van der Waals surface area contributed by atoms with Gasteiger partial charge in [-0.15, -0.1) is 0 Å². The zero-order valence-electron chi connectivity index (χ0n) is 8.61. The Morgan fingerprint density at radius 3 is 2.60 bits per heavy atom. The second-order valence-electron chi connectivity index (χ2n) is 3.54. The van der Waals surface area contributed by atoms with Crippen molar-refractivity contribution in [1.29, 1.82) is 0 Å². The van der Waals surface area contributed by atoms with Crippen molar-refractivity contribution in [2.45, 2.75) is 13.8 Å². The summed E-state index contributed by atoms with van der Waals surface area (Å²) in [5, 5.41) is 13.3. The molecule has 0 atom stereocenters. The number of nitrogens with two attached hydrogens (primary N) is 1. The molecular formula is C11H12N2O2. The third kappa shape index (κ3) is 1.54. The molecule has 0 saturated heterocycles. The van der Waals surface area contributed by atoms with Gasteiger partial charge in [0.2, 0.25) is 5.88 Å². The number of hydrogen-bond acceptors (Lipinski definition) is 4. The summed E-state index contributed by atoms with van der Waals surface area (Å²) in [5.74, 6) is 0.517. The SMILES string of the molecule is Cc1cc(-c2cnoc2N)cc(O)c1C. The van der Waals surface area contributed by atoms with Crippen molar-refractivity contribution in [1.82, 2.24) is 5.16 Å². The molecule has 3 N–H and O–H groups in total. The molecule has 0 radical (unpaired) electrons. The Hall–Kier alpha value is -1.97. The smallest absolute Gasteiger partial charge is 0.229 e. The maximum absolute atomic E-state index is 9.68. The lowest BCUT2D eigenvalue weighted by molar-refractivity contribution is 0.436. The molecule has 0 bridgehead atoms. The molecule has 2 aromatic rings. The summed E-state index contributed by atoms with van der Waals surface area (Å²) in [6, 6.07) is 3.60. The van der Waals surface area contributed by atoms with Crippen LogP contribution in [0.15, 0.2) is 22.9 Å². The number of nitrogen functional groups attached to an aromatic ring is 1. The molecular weight excluding hydrogens is 192 g/mol. The van der Waals surface area contributed by atoms with Gasteiger partial charge in [-0.2, -0.15) is 0 Å². The molecule has 0 saturated carbocycles. The van der Waals surface area contributed by atoms with E-state index in [2.05, 4.69) is 5.16 Å². The van der Waals surface area contributed by atoms with Crippen molar-refractivity contribution in [3.63, 3.8) is 0 Å². The standard InChI is InChI=1S/C11H12N2O2/c1-6-3-8(4-10(14)7(6)2)9-5-13-15-11(9)12/h3-5,14H,12H2,1-2H3. The van der Waals surface area contributed by atoms with Gasteiger partial charge >= 0.3 is 0 Å². The van der Waals surface area contributed by atoms with Crippen LogP contribution in [0.2, 0.25) is 0 Å². The highest BCUT2D eigenvalue weighted by molar-refractivity contribution is 5.74. The summed E-state index contributed by atoms with van der Waals surface area (Å²) in [7, 11) is 0. The van der Waals surface area contributed by atoms with Crippen LogP contribution in [-0.2, 0) is 0 Å². The molecule has 1 heterocycles. The van der Waals surface area contributed by atoms with Gasteiger partial charge in [0.05, 0.1) is 11.8 Å². The van der Waals surface area contributed by atoms with E-state index in [1.165, 1.54) is 0 Å². The van der Waals surface area contributed by atoms with Gasteiger partial charge < -0.3 is 15.4 Å². The molecule has 0 fully saturated rings. The number of aryl methyl sites for hydroxylation is 1. The predicted molar refractivity (Wildman–Crippen MR) is 57.5 cm³/mol. The molecule has 1 aromatic carbocycles. The zero-order chi connectivity index (χ0) is 11.0. The van der Waals surface area contributed by atoms with Gasteiger partial charge in [0.1, 0.15) is 5.75 Å². The third-order valence-electron chi connectivity index (χ3n) is 2.55. The van der Waals surface area contributed by atoms with Crippen molar-refractivity contribution in [2.24, 2.45) is 0 Å². The number of aromatic hydroxyl groups is 1. The van der Waals surface area contributed by atoms with Gasteiger partial charge in [0.25, 0.3) is 0 Å². The monoisotopic (exact) mass is 204 g/mol. The fourth-order valence-electron chi connectivity index (χ4n) is 1.46. The minimum absolute atomic E-state index is 0.255. The Balaban J connectivity index is 2.60. The fourth-order valence-corrected chi connectivity index (χ4v) is 1.46. The van der Waals surface area contributed by atoms with E-state index in [4.69, 9.17) is 10.3 Å². The van der Waals surface area contributed by atoms with Crippen molar-refractivity contribution in [2.75, 3.05) is 5.73 Å². The number of anilines is 1. The number of hydrogen-bond donors (Lipinski definition) is 2. The lowest BCUT2D eigenvalue weighted by Crippen LogP contribution is -1.88. The molecule has 4 heteroatoms. The molecule has 0 aliphatic rings. The Morgan fingerprint density at radius 1 is 1.33 bits per heavy atom. The zero-order valence-corrected chi connectivity index (χ0v) is 8.61. The normalized spacial score (nSPS) is 10.5. The second kappa shape index (κ2) is 3.31. The number of rotatable bonds is 1. The quantitative estimate of drug-likeness (QED) is 0.747. The first-order valence-electron chi connectivity index (χ1n) is 4.60. The highest BCUT2D eigenvalue weighted by Gasteiger charge is 2.10. The lowest BCUT2D eigenvalue weighted by Gasteiger charge is -2.06. The summed E-state index contributed by atoms with van der Waals surface area (Å²) in [5.41, 5.74) is 8.99. The molecule has 78 valence electrons. The van der Waals surface area contributed by atoms with Gasteiger partial charge in [0, 0.05) is 0 Å². The van der Waals surface area contributed by atoms with Crippen molar-refractivity contribution < 1.29 is 9.63 Å². The van der Waals surface area contributed by atoms with E-state index in [-0.39, 0.29) is 11.6 Å². The van der Waals surface area contributed by atoms with Crippen LogP contribution in [0.1, 0.15) is 11.1 Å². The van der Waals surface area contributed by atoms with E-state index in [1.807, 2.05) is 19.9 Å². The fraction of sp³-hybridized carbons (Fsp3) is 0.182. The van der Waals surface area contributed by atoms with Crippen LogP contribution in [0.25, 0.3) is 11.1 Å². The average molecular weight is 204 g/mol. The number of benzene rings is 1. The summed E-state index contributed by atoms with van der Waals surface area (Å²) in [4.78, 5) is 0. The van der Waals surface area contributed by atoms with E-state index in [0.29, 0.717) is 5.56 Å². The molecule has 2 rings (SSSR count). The highest BCUT2D eigenvalue weighted by Crippen LogP contribution is 2.31. The number of phenols is 1. The van der Waals surface area contributed by atoms with Crippen LogP contribution in [0.3, 0.4) is 0 Å². The van der Waals surface area contributed by atoms with Gasteiger partial charge in [-0.3, -0.25) is 0 Å². The Morgan fingerprint density at radius 2 is 2.07 bits per heavy atom. The number of phenolic OH excluding ortho intramolecular Hbond substituents is 1. The van der Waals surface area contributed by atoms with Crippen LogP contribution in [0, 0.1) is 13.8 Å². The van der Waals surface area contributed by atoms with E-state index in [1.54, 1.807) is 12.3 Å². The van der Waals surface area contributed by atoms with Crippen LogP contribution in [-0.4, -0.2) is 10.3 Å². The van der Waals surface area contributed by atoms with Crippen LogP contribution in [0.5, 0.6) is 5.75 Å². The number of nitrogens with zero attached hydrogens (tertiary/aromatic N) is 1. The summed E-state index contributed by atoms with van der Waals surface area (Å²) >= 11 is 0. The van der Waals surface area contributed by atoms with Gasteiger partial charge in [-0.1, -0.05) is 11.2 Å². The molecule has 1 aromatic heterocycles. The minimum atomic E-state index is 0.255. The Bertz CT molecular complexity index is 480. The van der Waals surface area contributed by atoms with E-state index in [9.17, 15) is 5.11 Å². The van der Waals surface area contributed by atoms with Crippen LogP contribution in [0.4, 0.5) is 5.88 Å². The third-order valence-corrected chi connectivity index (χ3v) is 2.55. The minimum Gasteiger partial charge on any atom is -0.508 e. The van der Waals surface area contributed by atoms with E-state index < -0.39 is 0 Å². The first-order chi connectivity index (χ1) is 7.09. The maximum Gasteiger partial charge on any atom is 0.229 e. The van der Waals surface area contributed by atoms with Crippen molar-refractivity contribution in [3.8, 4) is 16.9 Å². The van der Waals surface area contributed by atoms with Gasteiger partial charge in [-0.05, 0) is 36.6 Å². The van der Waals surface area contributed by atoms with E-state index in [0.717, 1.165) is 16.7 Å². The van der Waals surface area contributed by atoms with Crippen LogP contribution < -0.4 is 5.73 Å². The van der Waals surface area contributed by atoms with E-state index >= 15 is 0 Å². The van der Waals surface area contributed by atoms with Gasteiger partial charge in [-0.25, -0.2) is 0 Å². The van der Waals surface area contributed by atoms with Crippen LogP contribution >= 0.6 is 0 Å². The molecule has 0 spiro atoms. The largest absolute Gasteiger partial charge is 0.508 e. The molecule has 0 aliphatic heterocycles. The molecule has 0 amide bonds. The average Bonchev–Trinajstić information content (AvgIpc) is 2.60. The molecule has 0 aliphatic carbocycles. The molecule has 0 unspecified atom stereocenters. The first-order valence-corrected chi connectivity index (χ1v) is 4.60. The summed E-state index contributed by atoms with van der Waals surface area (Å²) < 4.78 is 4.78. The first kappa shape index (κ1) is 9.58. The lowest BCUT2D eigenvalue weighted by atomic mass is 10.0. The van der Waals surface area contributed by atoms with Crippen molar-refractivity contribution >= 4 is 5.88 Å². The Kier molecular flexibility index (Phi) is 2.11.